The molecule has 3 rings (SSSR count). The zero-order valence-corrected chi connectivity index (χ0v) is 10.7. The van der Waals surface area contributed by atoms with Crippen molar-refractivity contribution in [2.45, 2.75) is 17.9 Å². The van der Waals surface area contributed by atoms with Gasteiger partial charge in [0.15, 0.2) is 17.2 Å². The lowest BCUT2D eigenvalue weighted by atomic mass is 10.0. The van der Waals surface area contributed by atoms with Crippen molar-refractivity contribution in [3.05, 3.63) is 24.7 Å². The molecule has 1 aliphatic heterocycles. The van der Waals surface area contributed by atoms with E-state index in [1.54, 1.807) is 0 Å². The molecule has 10 heteroatoms. The maximum Gasteiger partial charge on any atom is 0.241 e. The molecule has 3 heterocycles. The molecule has 0 radical (unpaired) electrons. The molecular formula is C11H13N5O5. The first kappa shape index (κ1) is 13.5. The molecule has 1 fully saturated rings. The molecule has 1 aliphatic rings. The van der Waals surface area contributed by atoms with Crippen LogP contribution in [0.25, 0.3) is 11.2 Å². The average Bonchev–Trinajstić information content (AvgIpc) is 3.03. The summed E-state index contributed by atoms with van der Waals surface area (Å²) in [4.78, 5) is 11.8. The number of anilines is 1. The molecule has 112 valence electrons. The molecule has 0 saturated carbocycles. The summed E-state index contributed by atoms with van der Waals surface area (Å²) in [5.74, 6) is -0.154. The normalized spacial score (nSPS) is 30.9. The number of imidazole rings is 1. The summed E-state index contributed by atoms with van der Waals surface area (Å²) < 4.78 is 6.59. The van der Waals surface area contributed by atoms with Gasteiger partial charge in [-0.05, 0) is 0 Å². The van der Waals surface area contributed by atoms with E-state index in [4.69, 9.17) is 15.6 Å². The lowest BCUT2D eigenvalue weighted by Crippen LogP contribution is -2.48. The van der Waals surface area contributed by atoms with Crippen LogP contribution in [0, 0.1) is 0 Å². The Labute approximate surface area is 117 Å². The molecule has 0 bridgehead atoms. The second kappa shape index (κ2) is 4.55. The van der Waals surface area contributed by atoms with Gasteiger partial charge in [0.1, 0.15) is 43.2 Å². The zero-order chi connectivity index (χ0) is 15.2. The zero-order valence-electron chi connectivity index (χ0n) is 10.7. The first-order valence-electron chi connectivity index (χ1n) is 5.99. The number of hydrogen-bond acceptors (Lipinski definition) is 9. The van der Waals surface area contributed by atoms with Gasteiger partial charge < -0.3 is 30.9 Å². The van der Waals surface area contributed by atoms with Gasteiger partial charge in [0.2, 0.25) is 5.72 Å². The predicted molar refractivity (Wildman–Crippen MR) is 68.6 cm³/mol. The fourth-order valence-corrected chi connectivity index (χ4v) is 2.35. The summed E-state index contributed by atoms with van der Waals surface area (Å²) in [6.07, 6.45) is -0.0782. The van der Waals surface area contributed by atoms with Crippen molar-refractivity contribution < 1.29 is 25.2 Å². The van der Waals surface area contributed by atoms with Crippen LogP contribution < -0.4 is 5.73 Å². The fraction of sp³-hybridized carbons (Fsp3) is 0.364. The lowest BCUT2D eigenvalue weighted by Gasteiger charge is -2.30. The number of fused-ring (bicyclic) bond motifs is 1. The van der Waals surface area contributed by atoms with E-state index >= 15 is 0 Å². The number of nitrogens with zero attached hydrogens (tertiary/aromatic N) is 4. The summed E-state index contributed by atoms with van der Waals surface area (Å²) in [5, 5.41) is 38.8. The van der Waals surface area contributed by atoms with Crippen molar-refractivity contribution in [1.29, 1.82) is 0 Å². The van der Waals surface area contributed by atoms with Crippen LogP contribution in [-0.2, 0) is 10.5 Å². The first-order chi connectivity index (χ1) is 10.0. The van der Waals surface area contributed by atoms with Gasteiger partial charge in [0, 0.05) is 0 Å². The van der Waals surface area contributed by atoms with Crippen molar-refractivity contribution in [1.82, 2.24) is 19.5 Å². The summed E-state index contributed by atoms with van der Waals surface area (Å²) in [5.41, 5.74) is 4.37. The van der Waals surface area contributed by atoms with Gasteiger partial charge in [-0.2, -0.15) is 0 Å². The van der Waals surface area contributed by atoms with Gasteiger partial charge in [0.05, 0.1) is 0 Å². The minimum absolute atomic E-state index is 0.123. The van der Waals surface area contributed by atoms with E-state index in [9.17, 15) is 15.3 Å². The van der Waals surface area contributed by atoms with Crippen LogP contribution in [0.15, 0.2) is 24.7 Å². The van der Waals surface area contributed by atoms with E-state index in [0.29, 0.717) is 6.26 Å². The number of nitrogens with two attached hydrogens (primary N) is 1. The largest absolute Gasteiger partial charge is 0.512 e. The number of hydrogen-bond donors (Lipinski definition) is 5. The van der Waals surface area contributed by atoms with Gasteiger partial charge in [-0.15, -0.1) is 0 Å². The van der Waals surface area contributed by atoms with Crippen LogP contribution in [0.2, 0.25) is 0 Å². The third kappa shape index (κ3) is 1.67. The summed E-state index contributed by atoms with van der Waals surface area (Å²) >= 11 is 0. The molecule has 2 aromatic rings. The number of aliphatic hydroxyl groups excluding tert-OH is 4. The lowest BCUT2D eigenvalue weighted by molar-refractivity contribution is -0.140. The Bertz CT molecular complexity index is 716. The Hall–Kier alpha value is -2.43. The Morgan fingerprint density at radius 1 is 1.38 bits per heavy atom. The van der Waals surface area contributed by atoms with Crippen molar-refractivity contribution in [2.75, 3.05) is 12.3 Å². The average molecular weight is 295 g/mol. The quantitative estimate of drug-likeness (QED) is 0.403. The Morgan fingerprint density at radius 2 is 2.14 bits per heavy atom. The Kier molecular flexibility index (Phi) is 2.93. The van der Waals surface area contributed by atoms with Crippen LogP contribution in [0.5, 0.6) is 0 Å². The molecule has 3 unspecified atom stereocenters. The van der Waals surface area contributed by atoms with Crippen molar-refractivity contribution in [3.63, 3.8) is 0 Å². The molecule has 0 aliphatic carbocycles. The van der Waals surface area contributed by atoms with Gasteiger partial charge in [-0.3, -0.25) is 4.57 Å². The SMILES string of the molecule is Nc1ncnc2c1ncn2C1(CO)OC(=CO)C(O)C1O. The topological polar surface area (TPSA) is 160 Å². The highest BCUT2D eigenvalue weighted by atomic mass is 16.6. The number of aliphatic hydroxyl groups is 4. The fourth-order valence-electron chi connectivity index (χ4n) is 2.35. The van der Waals surface area contributed by atoms with Gasteiger partial charge in [-0.25, -0.2) is 15.0 Å². The summed E-state index contributed by atoms with van der Waals surface area (Å²) in [6.45, 7) is -0.696. The molecule has 6 N–H and O–H groups in total. The van der Waals surface area contributed by atoms with Gasteiger partial charge >= 0.3 is 0 Å². The minimum Gasteiger partial charge on any atom is -0.512 e. The van der Waals surface area contributed by atoms with E-state index in [1.807, 2.05) is 0 Å². The molecule has 0 aromatic carbocycles. The smallest absolute Gasteiger partial charge is 0.241 e. The number of rotatable bonds is 2. The highest BCUT2D eigenvalue weighted by Gasteiger charge is 2.55. The van der Waals surface area contributed by atoms with Crippen molar-refractivity contribution >= 4 is 17.0 Å². The van der Waals surface area contributed by atoms with E-state index in [1.165, 1.54) is 17.2 Å². The van der Waals surface area contributed by atoms with Crippen molar-refractivity contribution in [3.8, 4) is 0 Å². The van der Waals surface area contributed by atoms with Crippen LogP contribution in [0.3, 0.4) is 0 Å². The predicted octanol–water partition coefficient (Wildman–Crippen LogP) is -1.79. The maximum absolute atomic E-state index is 10.2. The van der Waals surface area contributed by atoms with E-state index in [0.717, 1.165) is 0 Å². The molecule has 0 spiro atoms. The summed E-state index contributed by atoms with van der Waals surface area (Å²) in [6, 6.07) is 0. The molecular weight excluding hydrogens is 282 g/mol. The highest BCUT2D eigenvalue weighted by Crippen LogP contribution is 2.39. The number of aromatic nitrogens is 4. The monoisotopic (exact) mass is 295 g/mol. The minimum atomic E-state index is -1.77. The van der Waals surface area contributed by atoms with E-state index < -0.39 is 24.5 Å². The molecule has 0 amide bonds. The van der Waals surface area contributed by atoms with Gasteiger partial charge in [0.25, 0.3) is 0 Å². The second-order valence-corrected chi connectivity index (χ2v) is 4.57. The second-order valence-electron chi connectivity index (χ2n) is 4.57. The Morgan fingerprint density at radius 3 is 2.76 bits per heavy atom. The van der Waals surface area contributed by atoms with Gasteiger partial charge in [-0.1, -0.05) is 0 Å². The number of ether oxygens (including phenoxy) is 1. The summed E-state index contributed by atoms with van der Waals surface area (Å²) in [7, 11) is 0. The molecule has 21 heavy (non-hydrogen) atoms. The highest BCUT2D eigenvalue weighted by molar-refractivity contribution is 5.81. The molecule has 3 atom stereocenters. The van der Waals surface area contributed by atoms with Crippen molar-refractivity contribution in [2.24, 2.45) is 0 Å². The molecule has 2 aromatic heterocycles. The van der Waals surface area contributed by atoms with E-state index in [2.05, 4.69) is 15.0 Å². The van der Waals surface area contributed by atoms with Crippen LogP contribution in [0.4, 0.5) is 5.82 Å². The molecule has 10 nitrogen and oxygen atoms in total. The standard InChI is InChI=1S/C11H13N5O5/c12-9-6-10(14-3-13-9)16(4-15-6)11(2-18)8(20)7(19)5(1-17)21-11/h1,3-4,7-8,17-20H,2H2,(H2,12,13,14). The third-order valence-electron chi connectivity index (χ3n) is 3.47. The van der Waals surface area contributed by atoms with Crippen LogP contribution in [-0.4, -0.2) is 58.8 Å². The van der Waals surface area contributed by atoms with Crippen LogP contribution in [0.1, 0.15) is 0 Å². The first-order valence-corrected chi connectivity index (χ1v) is 5.99. The number of nitrogen functional groups attached to an aromatic ring is 1. The third-order valence-corrected chi connectivity index (χ3v) is 3.47. The maximum atomic E-state index is 10.2. The molecule has 1 saturated heterocycles. The Balaban J connectivity index is 2.22. The van der Waals surface area contributed by atoms with E-state index in [-0.39, 0.29) is 22.7 Å². The van der Waals surface area contributed by atoms with Crippen LogP contribution >= 0.6 is 0 Å².